The fraction of sp³-hybridized carbons (Fsp3) is 0.952. The first-order valence-electron chi connectivity index (χ1n) is 10.7. The molecule has 1 aliphatic heterocycles. The van der Waals surface area contributed by atoms with E-state index in [4.69, 9.17) is 14.2 Å². The number of hydrogen-bond donors (Lipinski definition) is 0. The Bertz CT molecular complexity index is 477. The van der Waals surface area contributed by atoms with Gasteiger partial charge in [-0.25, -0.2) is 0 Å². The fourth-order valence-electron chi connectivity index (χ4n) is 4.38. The van der Waals surface area contributed by atoms with E-state index in [-0.39, 0.29) is 5.04 Å². The van der Waals surface area contributed by atoms with Gasteiger partial charge >= 0.3 is 0 Å². The molecule has 0 bridgehead atoms. The average Bonchev–Trinajstić information content (AvgIpc) is 2.90. The SMILES string of the molecule is CC(C)(C)[Si](C)(C)OCC1C(=NC2CCCCC2)OC2CCCCC21. The van der Waals surface area contributed by atoms with Crippen LogP contribution >= 0.6 is 0 Å². The van der Waals surface area contributed by atoms with Crippen LogP contribution in [0, 0.1) is 11.8 Å². The van der Waals surface area contributed by atoms with Gasteiger partial charge in [-0.05, 0) is 50.2 Å². The number of hydrogen-bond acceptors (Lipinski definition) is 3. The average molecular weight is 366 g/mol. The molecule has 0 aromatic carbocycles. The van der Waals surface area contributed by atoms with Crippen molar-refractivity contribution in [2.24, 2.45) is 16.8 Å². The number of ether oxygens (including phenoxy) is 1. The van der Waals surface area contributed by atoms with E-state index in [1.165, 1.54) is 57.8 Å². The molecule has 25 heavy (non-hydrogen) atoms. The summed E-state index contributed by atoms with van der Waals surface area (Å²) in [4.78, 5) is 5.13. The number of nitrogens with zero attached hydrogens (tertiary/aromatic N) is 1. The molecule has 1 heterocycles. The first kappa shape index (κ1) is 19.4. The largest absolute Gasteiger partial charge is 0.477 e. The molecule has 0 spiro atoms. The number of rotatable bonds is 4. The van der Waals surface area contributed by atoms with E-state index in [0.29, 0.717) is 24.0 Å². The highest BCUT2D eigenvalue weighted by Gasteiger charge is 2.46. The molecule has 2 aliphatic carbocycles. The van der Waals surface area contributed by atoms with Crippen molar-refractivity contribution in [2.45, 2.75) is 109 Å². The highest BCUT2D eigenvalue weighted by Crippen LogP contribution is 2.42. The molecule has 3 aliphatic rings. The van der Waals surface area contributed by atoms with Crippen molar-refractivity contribution < 1.29 is 9.16 Å². The molecule has 3 nitrogen and oxygen atoms in total. The molecule has 0 aromatic heterocycles. The van der Waals surface area contributed by atoms with Crippen molar-refractivity contribution in [1.82, 2.24) is 0 Å². The van der Waals surface area contributed by atoms with E-state index in [1.807, 2.05) is 0 Å². The van der Waals surface area contributed by atoms with Crippen LogP contribution in [0.1, 0.15) is 78.6 Å². The zero-order chi connectivity index (χ0) is 18.1. The van der Waals surface area contributed by atoms with Crippen LogP contribution in [0.2, 0.25) is 18.1 Å². The lowest BCUT2D eigenvalue weighted by Crippen LogP contribution is -2.43. The third-order valence-corrected chi connectivity index (χ3v) is 11.7. The monoisotopic (exact) mass is 365 g/mol. The van der Waals surface area contributed by atoms with Gasteiger partial charge in [-0.2, -0.15) is 0 Å². The lowest BCUT2D eigenvalue weighted by Gasteiger charge is -2.37. The van der Waals surface area contributed by atoms with Crippen LogP contribution in [0.3, 0.4) is 0 Å². The quantitative estimate of drug-likeness (QED) is 0.577. The first-order valence-corrected chi connectivity index (χ1v) is 13.6. The van der Waals surface area contributed by atoms with Crippen LogP contribution in [0.25, 0.3) is 0 Å². The molecule has 0 N–H and O–H groups in total. The van der Waals surface area contributed by atoms with Crippen LogP contribution in [0.5, 0.6) is 0 Å². The van der Waals surface area contributed by atoms with Crippen LogP contribution < -0.4 is 0 Å². The van der Waals surface area contributed by atoms with Gasteiger partial charge in [-0.1, -0.05) is 46.5 Å². The van der Waals surface area contributed by atoms with E-state index < -0.39 is 8.32 Å². The first-order chi connectivity index (χ1) is 11.8. The fourth-order valence-corrected chi connectivity index (χ4v) is 5.41. The summed E-state index contributed by atoms with van der Waals surface area (Å²) in [5.41, 5.74) is 0. The van der Waals surface area contributed by atoms with Gasteiger partial charge in [-0.15, -0.1) is 0 Å². The van der Waals surface area contributed by atoms with E-state index in [1.54, 1.807) is 0 Å². The molecule has 0 aromatic rings. The molecule has 4 heteroatoms. The predicted octanol–water partition coefficient (Wildman–Crippen LogP) is 5.94. The number of aliphatic imine (C=N–C) groups is 1. The minimum Gasteiger partial charge on any atom is -0.477 e. The van der Waals surface area contributed by atoms with Gasteiger partial charge in [0.25, 0.3) is 0 Å². The maximum absolute atomic E-state index is 6.62. The summed E-state index contributed by atoms with van der Waals surface area (Å²) in [6, 6.07) is 0.499. The van der Waals surface area contributed by atoms with Gasteiger partial charge in [0.2, 0.25) is 0 Å². The van der Waals surface area contributed by atoms with Gasteiger partial charge in [0.05, 0.1) is 12.0 Å². The molecule has 3 atom stereocenters. The second-order valence-electron chi connectivity index (χ2n) is 10.0. The topological polar surface area (TPSA) is 30.8 Å². The van der Waals surface area contributed by atoms with E-state index in [0.717, 1.165) is 12.5 Å². The van der Waals surface area contributed by atoms with Crippen molar-refractivity contribution in [3.8, 4) is 0 Å². The van der Waals surface area contributed by atoms with Crippen molar-refractivity contribution in [3.63, 3.8) is 0 Å². The van der Waals surface area contributed by atoms with Crippen LogP contribution in [-0.2, 0) is 9.16 Å². The highest BCUT2D eigenvalue weighted by molar-refractivity contribution is 6.74. The number of fused-ring (bicyclic) bond motifs is 1. The zero-order valence-corrected chi connectivity index (χ0v) is 18.1. The Balaban J connectivity index is 1.72. The van der Waals surface area contributed by atoms with Crippen LogP contribution in [0.4, 0.5) is 0 Å². The summed E-state index contributed by atoms with van der Waals surface area (Å²) >= 11 is 0. The summed E-state index contributed by atoms with van der Waals surface area (Å²) in [6.07, 6.45) is 12.1. The minimum absolute atomic E-state index is 0.263. The molecule has 3 rings (SSSR count). The molecule has 1 saturated heterocycles. The van der Waals surface area contributed by atoms with Crippen LogP contribution in [0.15, 0.2) is 4.99 Å². The Kier molecular flexibility index (Phi) is 5.99. The predicted molar refractivity (Wildman–Crippen MR) is 108 cm³/mol. The van der Waals surface area contributed by atoms with Crippen molar-refractivity contribution in [2.75, 3.05) is 6.61 Å². The van der Waals surface area contributed by atoms with E-state index in [2.05, 4.69) is 33.9 Å². The molecule has 0 amide bonds. The zero-order valence-electron chi connectivity index (χ0n) is 17.1. The normalized spacial score (nSPS) is 33.3. The second-order valence-corrected chi connectivity index (χ2v) is 14.9. The smallest absolute Gasteiger partial charge is 0.192 e. The molecular weight excluding hydrogens is 326 g/mol. The third-order valence-electron chi connectivity index (χ3n) is 7.17. The summed E-state index contributed by atoms with van der Waals surface area (Å²) in [7, 11) is -1.72. The van der Waals surface area contributed by atoms with Gasteiger partial charge in [0.1, 0.15) is 6.10 Å². The van der Waals surface area contributed by atoms with Gasteiger partial charge in [0, 0.05) is 12.5 Å². The molecule has 3 unspecified atom stereocenters. The van der Waals surface area contributed by atoms with Gasteiger partial charge in [-0.3, -0.25) is 4.99 Å². The summed E-state index contributed by atoms with van der Waals surface area (Å²) in [5, 5.41) is 0.263. The molecule has 2 saturated carbocycles. The summed E-state index contributed by atoms with van der Waals surface area (Å²) in [5.74, 6) is 2.10. The lowest BCUT2D eigenvalue weighted by molar-refractivity contribution is 0.111. The van der Waals surface area contributed by atoms with Crippen molar-refractivity contribution >= 4 is 14.2 Å². The van der Waals surface area contributed by atoms with Crippen molar-refractivity contribution in [1.29, 1.82) is 0 Å². The second kappa shape index (κ2) is 7.72. The third kappa shape index (κ3) is 4.50. The lowest BCUT2D eigenvalue weighted by atomic mass is 9.80. The van der Waals surface area contributed by atoms with Gasteiger partial charge in [0.15, 0.2) is 14.2 Å². The Morgan fingerprint density at radius 2 is 1.64 bits per heavy atom. The molecule has 144 valence electrons. The minimum atomic E-state index is -1.72. The van der Waals surface area contributed by atoms with Crippen molar-refractivity contribution in [3.05, 3.63) is 0 Å². The van der Waals surface area contributed by atoms with E-state index in [9.17, 15) is 0 Å². The van der Waals surface area contributed by atoms with Crippen LogP contribution in [-0.4, -0.2) is 33.0 Å². The Hall–Kier alpha value is -0.353. The Morgan fingerprint density at radius 3 is 2.32 bits per heavy atom. The maximum Gasteiger partial charge on any atom is 0.192 e. The van der Waals surface area contributed by atoms with E-state index >= 15 is 0 Å². The Morgan fingerprint density at radius 1 is 1.00 bits per heavy atom. The maximum atomic E-state index is 6.62. The molecule has 0 radical (unpaired) electrons. The summed E-state index contributed by atoms with van der Waals surface area (Å²) < 4.78 is 13.0. The van der Waals surface area contributed by atoms with Gasteiger partial charge < -0.3 is 9.16 Å². The molecule has 3 fully saturated rings. The molecular formula is C21H39NO2Si. The highest BCUT2D eigenvalue weighted by atomic mass is 28.4. The standard InChI is InChI=1S/C21H39NO2Si/c1-21(2,3)25(4,5)23-15-18-17-13-9-10-14-19(17)24-20(18)22-16-11-7-6-8-12-16/h16-19H,6-15H2,1-5H3. The summed E-state index contributed by atoms with van der Waals surface area (Å²) in [6.45, 7) is 12.5. The Labute approximate surface area is 156 Å².